The number of amides is 1. The second kappa shape index (κ2) is 8.77. The van der Waals surface area contributed by atoms with Crippen molar-refractivity contribution in [3.63, 3.8) is 0 Å². The monoisotopic (exact) mass is 403 g/mol. The van der Waals surface area contributed by atoms with Crippen LogP contribution < -0.4 is 10.2 Å². The molecule has 7 heteroatoms. The smallest absolute Gasteiger partial charge is 0.253 e. The van der Waals surface area contributed by atoms with Gasteiger partial charge in [-0.15, -0.1) is 24.8 Å². The minimum Gasteiger partial charge on any atom is -0.369 e. The number of halogens is 3. The number of nitrogens with zero attached hydrogens (tertiary/aromatic N) is 2. The molecule has 0 aromatic heterocycles. The van der Waals surface area contributed by atoms with Gasteiger partial charge < -0.3 is 15.1 Å². The molecule has 0 saturated carbocycles. The van der Waals surface area contributed by atoms with E-state index in [9.17, 15) is 9.18 Å². The predicted octanol–water partition coefficient (Wildman–Crippen LogP) is 3.62. The van der Waals surface area contributed by atoms with Crippen LogP contribution in [0.5, 0.6) is 0 Å². The van der Waals surface area contributed by atoms with Gasteiger partial charge in [0.15, 0.2) is 0 Å². The Hall–Kier alpha value is -1.04. The van der Waals surface area contributed by atoms with Crippen LogP contribution in [0, 0.1) is 5.82 Å². The first-order valence-electron chi connectivity index (χ1n) is 9.19. The zero-order valence-electron chi connectivity index (χ0n) is 15.1. The number of anilines is 1. The van der Waals surface area contributed by atoms with Gasteiger partial charge >= 0.3 is 0 Å². The number of fused-ring (bicyclic) bond motifs is 2. The molecular formula is C19H28Cl2FN3O. The zero-order valence-corrected chi connectivity index (χ0v) is 16.8. The molecule has 3 heterocycles. The fraction of sp³-hybridized carbons (Fsp3) is 0.632. The molecular weight excluding hydrogens is 376 g/mol. The van der Waals surface area contributed by atoms with Crippen LogP contribution in [0.2, 0.25) is 0 Å². The fourth-order valence-corrected chi connectivity index (χ4v) is 4.57. The molecule has 2 atom stereocenters. The van der Waals surface area contributed by atoms with E-state index < -0.39 is 0 Å². The highest BCUT2D eigenvalue weighted by molar-refractivity contribution is 5.94. The average Bonchev–Trinajstić information content (AvgIpc) is 3.23. The van der Waals surface area contributed by atoms with E-state index in [1.807, 2.05) is 11.9 Å². The Labute approximate surface area is 167 Å². The van der Waals surface area contributed by atoms with E-state index in [4.69, 9.17) is 0 Å². The summed E-state index contributed by atoms with van der Waals surface area (Å²) in [6, 6.07) is 6.32. The Morgan fingerprint density at radius 1 is 1.15 bits per heavy atom. The first-order valence-corrected chi connectivity index (χ1v) is 9.19. The lowest BCUT2D eigenvalue weighted by atomic mass is 9.98. The van der Waals surface area contributed by atoms with Gasteiger partial charge in [-0.1, -0.05) is 0 Å². The number of carbonyl (C=O) groups is 1. The maximum absolute atomic E-state index is 14.5. The van der Waals surface area contributed by atoms with Crippen molar-refractivity contribution in [2.75, 3.05) is 25.0 Å². The van der Waals surface area contributed by atoms with Crippen LogP contribution >= 0.6 is 24.8 Å². The zero-order chi connectivity index (χ0) is 16.7. The summed E-state index contributed by atoms with van der Waals surface area (Å²) in [5.74, 6) is -0.338. The Kier molecular flexibility index (Phi) is 7.17. The van der Waals surface area contributed by atoms with Gasteiger partial charge in [-0.25, -0.2) is 4.39 Å². The topological polar surface area (TPSA) is 35.6 Å². The van der Waals surface area contributed by atoms with Crippen LogP contribution in [0.15, 0.2) is 18.2 Å². The maximum Gasteiger partial charge on any atom is 0.253 e. The minimum atomic E-state index is -0.276. The molecule has 4 nitrogen and oxygen atoms in total. The SMILES string of the molecule is CN(C(=O)c1ccc(N2CCCC2)c(F)c1)C1CC2CCC(C1)N2.Cl.Cl. The summed E-state index contributed by atoms with van der Waals surface area (Å²) in [6.45, 7) is 1.81. The third-order valence-electron chi connectivity index (χ3n) is 5.96. The first kappa shape index (κ1) is 21.3. The van der Waals surface area contributed by atoms with E-state index in [1.165, 1.54) is 18.9 Å². The van der Waals surface area contributed by atoms with Crippen LogP contribution in [-0.2, 0) is 0 Å². The summed E-state index contributed by atoms with van der Waals surface area (Å²) < 4.78 is 14.5. The highest BCUT2D eigenvalue weighted by Crippen LogP contribution is 2.30. The first-order chi connectivity index (χ1) is 11.6. The minimum absolute atomic E-state index is 0. The molecule has 1 N–H and O–H groups in total. The van der Waals surface area contributed by atoms with Crippen molar-refractivity contribution < 1.29 is 9.18 Å². The second-order valence-electron chi connectivity index (χ2n) is 7.54. The molecule has 3 aliphatic rings. The quantitative estimate of drug-likeness (QED) is 0.836. The number of piperidine rings is 1. The normalized spacial score (nSPS) is 26.8. The van der Waals surface area contributed by atoms with Gasteiger partial charge in [0.05, 0.1) is 5.69 Å². The van der Waals surface area contributed by atoms with Crippen LogP contribution in [-0.4, -0.2) is 49.1 Å². The van der Waals surface area contributed by atoms with Crippen LogP contribution in [0.4, 0.5) is 10.1 Å². The van der Waals surface area contributed by atoms with Crippen molar-refractivity contribution in [2.24, 2.45) is 0 Å². The van der Waals surface area contributed by atoms with E-state index in [1.54, 1.807) is 12.1 Å². The molecule has 1 aromatic carbocycles. The third kappa shape index (κ3) is 4.10. The van der Waals surface area contributed by atoms with Gasteiger partial charge in [0, 0.05) is 43.8 Å². The summed E-state index contributed by atoms with van der Waals surface area (Å²) in [5, 5.41) is 3.60. The summed E-state index contributed by atoms with van der Waals surface area (Å²) in [4.78, 5) is 16.7. The van der Waals surface area contributed by atoms with Crippen molar-refractivity contribution in [2.45, 2.75) is 56.7 Å². The molecule has 3 fully saturated rings. The van der Waals surface area contributed by atoms with Gasteiger partial charge in [-0.2, -0.15) is 0 Å². The largest absolute Gasteiger partial charge is 0.369 e. The number of carbonyl (C=O) groups excluding carboxylic acids is 1. The molecule has 1 aromatic rings. The summed E-state index contributed by atoms with van der Waals surface area (Å²) in [7, 11) is 1.87. The average molecular weight is 404 g/mol. The fourth-order valence-electron chi connectivity index (χ4n) is 4.57. The van der Waals surface area contributed by atoms with E-state index >= 15 is 0 Å². The van der Waals surface area contributed by atoms with Gasteiger partial charge in [-0.05, 0) is 56.7 Å². The Morgan fingerprint density at radius 2 is 1.77 bits per heavy atom. The molecule has 4 rings (SSSR count). The number of rotatable bonds is 3. The molecule has 3 saturated heterocycles. The second-order valence-corrected chi connectivity index (χ2v) is 7.54. The molecule has 2 bridgehead atoms. The van der Waals surface area contributed by atoms with Crippen molar-refractivity contribution >= 4 is 36.4 Å². The molecule has 0 radical (unpaired) electrons. The number of benzene rings is 1. The lowest BCUT2D eigenvalue weighted by Crippen LogP contribution is -2.48. The highest BCUT2D eigenvalue weighted by atomic mass is 35.5. The van der Waals surface area contributed by atoms with Crippen LogP contribution in [0.3, 0.4) is 0 Å². The lowest BCUT2D eigenvalue weighted by molar-refractivity contribution is 0.0681. The lowest BCUT2D eigenvalue weighted by Gasteiger charge is -2.35. The van der Waals surface area contributed by atoms with Crippen molar-refractivity contribution in [1.29, 1.82) is 0 Å². The van der Waals surface area contributed by atoms with Crippen molar-refractivity contribution in [3.05, 3.63) is 29.6 Å². The standard InChI is InChI=1S/C19H26FN3O.2ClH/c1-22(16-11-14-5-6-15(12-16)21-14)19(24)13-4-7-18(17(20)10-13)23-8-2-3-9-23;;/h4,7,10,14-16,21H,2-3,5-6,8-9,11-12H2,1H3;2*1H. The summed E-state index contributed by atoms with van der Waals surface area (Å²) >= 11 is 0. The molecule has 0 aliphatic carbocycles. The van der Waals surface area contributed by atoms with Crippen molar-refractivity contribution in [3.8, 4) is 0 Å². The van der Waals surface area contributed by atoms with E-state index in [2.05, 4.69) is 10.2 Å². The molecule has 26 heavy (non-hydrogen) atoms. The maximum atomic E-state index is 14.5. The molecule has 3 aliphatic heterocycles. The van der Waals surface area contributed by atoms with Crippen molar-refractivity contribution in [1.82, 2.24) is 10.2 Å². The van der Waals surface area contributed by atoms with E-state index in [0.717, 1.165) is 38.8 Å². The van der Waals surface area contributed by atoms with Gasteiger partial charge in [0.2, 0.25) is 0 Å². The molecule has 146 valence electrons. The van der Waals surface area contributed by atoms with E-state index in [0.29, 0.717) is 23.3 Å². The highest BCUT2D eigenvalue weighted by Gasteiger charge is 2.36. The Morgan fingerprint density at radius 3 is 2.35 bits per heavy atom. The van der Waals surface area contributed by atoms with Crippen LogP contribution in [0.25, 0.3) is 0 Å². The summed E-state index contributed by atoms with van der Waals surface area (Å²) in [6.07, 6.45) is 6.66. The molecule has 2 unspecified atom stereocenters. The Bertz CT molecular complexity index is 627. The summed E-state index contributed by atoms with van der Waals surface area (Å²) in [5.41, 5.74) is 1.09. The van der Waals surface area contributed by atoms with Gasteiger partial charge in [0.25, 0.3) is 5.91 Å². The van der Waals surface area contributed by atoms with Gasteiger partial charge in [-0.3, -0.25) is 4.79 Å². The predicted molar refractivity (Wildman–Crippen MR) is 107 cm³/mol. The number of nitrogens with one attached hydrogen (secondary N) is 1. The Balaban J connectivity index is 0.00000121. The third-order valence-corrected chi connectivity index (χ3v) is 5.96. The molecule has 1 amide bonds. The van der Waals surface area contributed by atoms with Gasteiger partial charge in [0.1, 0.15) is 5.82 Å². The van der Waals surface area contributed by atoms with E-state index in [-0.39, 0.29) is 42.6 Å². The van der Waals surface area contributed by atoms with Crippen LogP contribution in [0.1, 0.15) is 48.9 Å². The number of hydrogen-bond acceptors (Lipinski definition) is 3. The number of hydrogen-bond donors (Lipinski definition) is 1. The molecule has 0 spiro atoms.